The van der Waals surface area contributed by atoms with Crippen LogP contribution in [0.25, 0.3) is 11.1 Å². The van der Waals surface area contributed by atoms with Gasteiger partial charge in [-0.15, -0.1) is 0 Å². The Morgan fingerprint density at radius 2 is 2.04 bits per heavy atom. The Hall–Kier alpha value is -2.20. The van der Waals surface area contributed by atoms with E-state index in [4.69, 9.17) is 4.74 Å². The molecule has 1 amide bonds. The largest absolute Gasteiger partial charge is 0.381 e. The molecule has 0 bridgehead atoms. The molecule has 2 aromatic rings. The standard InChI is InChI=1S/C22H26N2O2/c1-17-15-23-10-6-20(17)18-4-2-5-19(14-18)21(25)24-11-3-7-22(16-24)8-12-26-13-9-22/h2,4-6,10,14-15H,3,7-9,11-13,16H2,1H3. The number of likely N-dealkylation sites (tertiary alicyclic amines) is 1. The van der Waals surface area contributed by atoms with E-state index in [1.54, 1.807) is 6.20 Å². The van der Waals surface area contributed by atoms with Gasteiger partial charge in [0.1, 0.15) is 0 Å². The van der Waals surface area contributed by atoms with Crippen LogP contribution in [-0.2, 0) is 4.74 Å². The van der Waals surface area contributed by atoms with Gasteiger partial charge in [-0.05, 0) is 72.9 Å². The van der Waals surface area contributed by atoms with E-state index in [9.17, 15) is 4.79 Å². The Kier molecular flexibility index (Phi) is 4.77. The van der Waals surface area contributed by atoms with Gasteiger partial charge in [0.15, 0.2) is 0 Å². The minimum absolute atomic E-state index is 0.157. The van der Waals surface area contributed by atoms with Crippen molar-refractivity contribution in [2.45, 2.75) is 32.6 Å². The number of aromatic nitrogens is 1. The number of hydrogen-bond donors (Lipinski definition) is 0. The summed E-state index contributed by atoms with van der Waals surface area (Å²) in [6.45, 7) is 5.45. The summed E-state index contributed by atoms with van der Waals surface area (Å²) in [5.74, 6) is 0.157. The number of aryl methyl sites for hydroxylation is 1. The van der Waals surface area contributed by atoms with Gasteiger partial charge in [-0.1, -0.05) is 12.1 Å². The van der Waals surface area contributed by atoms with Gasteiger partial charge in [0.25, 0.3) is 5.91 Å². The maximum atomic E-state index is 13.2. The molecule has 0 N–H and O–H groups in total. The molecule has 26 heavy (non-hydrogen) atoms. The van der Waals surface area contributed by atoms with Gasteiger partial charge in [0.2, 0.25) is 0 Å². The van der Waals surface area contributed by atoms with Crippen LogP contribution in [-0.4, -0.2) is 42.1 Å². The van der Waals surface area contributed by atoms with Crippen LogP contribution in [0.4, 0.5) is 0 Å². The topological polar surface area (TPSA) is 42.4 Å². The molecule has 4 nitrogen and oxygen atoms in total. The highest BCUT2D eigenvalue weighted by Gasteiger charge is 2.38. The van der Waals surface area contributed by atoms with Crippen molar-refractivity contribution in [3.63, 3.8) is 0 Å². The highest BCUT2D eigenvalue weighted by Crippen LogP contribution is 2.39. The summed E-state index contributed by atoms with van der Waals surface area (Å²) >= 11 is 0. The summed E-state index contributed by atoms with van der Waals surface area (Å²) < 4.78 is 5.54. The number of pyridine rings is 1. The highest BCUT2D eigenvalue weighted by atomic mass is 16.5. The summed E-state index contributed by atoms with van der Waals surface area (Å²) in [5.41, 5.74) is 4.38. The molecule has 0 unspecified atom stereocenters. The summed E-state index contributed by atoms with van der Waals surface area (Å²) in [4.78, 5) is 19.4. The first-order valence-electron chi connectivity index (χ1n) is 9.55. The number of hydrogen-bond acceptors (Lipinski definition) is 3. The highest BCUT2D eigenvalue weighted by molar-refractivity contribution is 5.95. The van der Waals surface area contributed by atoms with Crippen LogP contribution in [0.15, 0.2) is 42.7 Å². The zero-order valence-corrected chi connectivity index (χ0v) is 15.4. The van der Waals surface area contributed by atoms with E-state index >= 15 is 0 Å². The number of amides is 1. The average molecular weight is 350 g/mol. The van der Waals surface area contributed by atoms with Crippen molar-refractivity contribution in [2.75, 3.05) is 26.3 Å². The number of carbonyl (C=O) groups is 1. The van der Waals surface area contributed by atoms with Gasteiger partial charge < -0.3 is 9.64 Å². The monoisotopic (exact) mass is 350 g/mol. The number of piperidine rings is 1. The first-order chi connectivity index (χ1) is 12.7. The lowest BCUT2D eigenvalue weighted by Gasteiger charge is -2.45. The summed E-state index contributed by atoms with van der Waals surface area (Å²) in [6.07, 6.45) is 8.13. The second-order valence-electron chi connectivity index (χ2n) is 7.71. The molecule has 2 saturated heterocycles. The van der Waals surface area contributed by atoms with Crippen LogP contribution in [0.3, 0.4) is 0 Å². The molecule has 1 aromatic heterocycles. The molecule has 1 aromatic carbocycles. The molecule has 2 aliphatic rings. The molecule has 3 heterocycles. The summed E-state index contributed by atoms with van der Waals surface area (Å²) in [7, 11) is 0. The van der Waals surface area contributed by atoms with E-state index in [2.05, 4.69) is 22.9 Å². The smallest absolute Gasteiger partial charge is 0.253 e. The molecule has 4 heteroatoms. The molecular weight excluding hydrogens is 324 g/mol. The van der Waals surface area contributed by atoms with E-state index in [0.29, 0.717) is 0 Å². The molecule has 2 aliphatic heterocycles. The van der Waals surface area contributed by atoms with Crippen LogP contribution in [0.1, 0.15) is 41.6 Å². The third-order valence-corrected chi connectivity index (χ3v) is 5.94. The Balaban J connectivity index is 1.57. The van der Waals surface area contributed by atoms with Crippen LogP contribution in [0.5, 0.6) is 0 Å². The third kappa shape index (κ3) is 3.38. The predicted octanol–water partition coefficient (Wildman–Crippen LogP) is 4.09. The molecular formula is C22H26N2O2. The number of nitrogens with zero attached hydrogens (tertiary/aromatic N) is 2. The number of benzene rings is 1. The minimum Gasteiger partial charge on any atom is -0.381 e. The van der Waals surface area contributed by atoms with Crippen LogP contribution in [0.2, 0.25) is 0 Å². The third-order valence-electron chi connectivity index (χ3n) is 5.94. The van der Waals surface area contributed by atoms with Gasteiger partial charge in [-0.25, -0.2) is 0 Å². The molecule has 4 rings (SSSR count). The predicted molar refractivity (Wildman–Crippen MR) is 102 cm³/mol. The Bertz CT molecular complexity index is 791. The Morgan fingerprint density at radius 3 is 2.85 bits per heavy atom. The molecule has 0 radical (unpaired) electrons. The van der Waals surface area contributed by atoms with Gasteiger partial charge in [0.05, 0.1) is 0 Å². The van der Waals surface area contributed by atoms with E-state index < -0.39 is 0 Å². The average Bonchev–Trinajstić information content (AvgIpc) is 2.68. The van der Waals surface area contributed by atoms with Gasteiger partial charge in [-0.3, -0.25) is 9.78 Å². The van der Waals surface area contributed by atoms with E-state index in [1.807, 2.05) is 30.5 Å². The minimum atomic E-state index is 0.157. The van der Waals surface area contributed by atoms with Crippen LogP contribution < -0.4 is 0 Å². The van der Waals surface area contributed by atoms with Gasteiger partial charge >= 0.3 is 0 Å². The normalized spacial score (nSPS) is 19.5. The van der Waals surface area contributed by atoms with Crippen LogP contribution >= 0.6 is 0 Å². The Labute approximate surface area is 155 Å². The lowest BCUT2D eigenvalue weighted by Crippen LogP contribution is -2.48. The quantitative estimate of drug-likeness (QED) is 0.819. The maximum Gasteiger partial charge on any atom is 0.253 e. The van der Waals surface area contributed by atoms with Crippen LogP contribution in [0, 0.1) is 12.3 Å². The van der Waals surface area contributed by atoms with Crippen molar-refractivity contribution in [1.29, 1.82) is 0 Å². The van der Waals surface area contributed by atoms with Gasteiger partial charge in [0, 0.05) is 44.3 Å². The molecule has 2 fully saturated rings. The van der Waals surface area contributed by atoms with Crippen molar-refractivity contribution in [3.8, 4) is 11.1 Å². The van der Waals surface area contributed by atoms with Crippen molar-refractivity contribution in [3.05, 3.63) is 53.9 Å². The zero-order chi connectivity index (χ0) is 18.0. The first-order valence-corrected chi connectivity index (χ1v) is 9.55. The fourth-order valence-corrected chi connectivity index (χ4v) is 4.39. The van der Waals surface area contributed by atoms with E-state index in [0.717, 1.165) is 67.8 Å². The number of rotatable bonds is 2. The summed E-state index contributed by atoms with van der Waals surface area (Å²) in [6, 6.07) is 10.0. The molecule has 136 valence electrons. The molecule has 0 aliphatic carbocycles. The fourth-order valence-electron chi connectivity index (χ4n) is 4.39. The second kappa shape index (κ2) is 7.20. The van der Waals surface area contributed by atoms with Crippen molar-refractivity contribution >= 4 is 5.91 Å². The second-order valence-corrected chi connectivity index (χ2v) is 7.71. The zero-order valence-electron chi connectivity index (χ0n) is 15.4. The SMILES string of the molecule is Cc1cnccc1-c1cccc(C(=O)N2CCCC3(CCOCC3)C2)c1. The number of carbonyl (C=O) groups excluding carboxylic acids is 1. The maximum absolute atomic E-state index is 13.2. The first kappa shape index (κ1) is 17.2. The number of ether oxygens (including phenoxy) is 1. The van der Waals surface area contributed by atoms with Crippen molar-refractivity contribution in [1.82, 2.24) is 9.88 Å². The molecule has 1 spiro atoms. The van der Waals surface area contributed by atoms with E-state index in [1.165, 1.54) is 6.42 Å². The fraction of sp³-hybridized carbons (Fsp3) is 0.455. The lowest BCUT2D eigenvalue weighted by atomic mass is 9.74. The Morgan fingerprint density at radius 1 is 1.19 bits per heavy atom. The molecule has 0 atom stereocenters. The molecule has 0 saturated carbocycles. The summed E-state index contributed by atoms with van der Waals surface area (Å²) in [5, 5.41) is 0. The lowest BCUT2D eigenvalue weighted by molar-refractivity contribution is -0.0229. The van der Waals surface area contributed by atoms with Crippen molar-refractivity contribution < 1.29 is 9.53 Å². The van der Waals surface area contributed by atoms with Gasteiger partial charge in [-0.2, -0.15) is 0 Å². The van der Waals surface area contributed by atoms with E-state index in [-0.39, 0.29) is 11.3 Å². The van der Waals surface area contributed by atoms with Crippen molar-refractivity contribution in [2.24, 2.45) is 5.41 Å².